The molecule has 0 bridgehead atoms. The summed E-state index contributed by atoms with van der Waals surface area (Å²) in [6, 6.07) is 17.4. The maximum Gasteiger partial charge on any atom is 0.243 e. The lowest BCUT2D eigenvalue weighted by atomic mass is 9.96. The Morgan fingerprint density at radius 3 is 2.52 bits per heavy atom. The summed E-state index contributed by atoms with van der Waals surface area (Å²) in [4.78, 5) is 0.360. The molecule has 0 amide bonds. The fraction of sp³-hybridized carbons (Fsp3) is 0.200. The highest BCUT2D eigenvalue weighted by Crippen LogP contribution is 2.35. The summed E-state index contributed by atoms with van der Waals surface area (Å²) in [5.41, 5.74) is 3.35. The minimum atomic E-state index is -3.48. The van der Waals surface area contributed by atoms with Crippen molar-refractivity contribution in [3.05, 3.63) is 75.8 Å². The van der Waals surface area contributed by atoms with E-state index in [1.54, 1.807) is 16.4 Å². The molecular formula is C20H18BrNO2S. The lowest BCUT2D eigenvalue weighted by Crippen LogP contribution is -2.36. The molecule has 0 radical (unpaired) electrons. The Labute approximate surface area is 156 Å². The molecule has 0 aromatic heterocycles. The van der Waals surface area contributed by atoms with Crippen molar-refractivity contribution in [2.24, 2.45) is 0 Å². The lowest BCUT2D eigenvalue weighted by molar-refractivity contribution is 0.391. The number of hydrogen-bond acceptors (Lipinski definition) is 2. The third-order valence-electron chi connectivity index (χ3n) is 4.80. The SMILES string of the molecule is Cc1ccc(S(=O)(=O)N2CCc3cc4ccccc4c(Br)c3C2)cc1. The number of rotatable bonds is 2. The Bertz CT molecular complexity index is 1060. The van der Waals surface area contributed by atoms with E-state index in [1.807, 2.05) is 31.2 Å². The summed E-state index contributed by atoms with van der Waals surface area (Å²) in [5, 5.41) is 2.30. The fourth-order valence-corrected chi connectivity index (χ4v) is 5.51. The van der Waals surface area contributed by atoms with Gasteiger partial charge in [-0.1, -0.05) is 48.0 Å². The molecule has 4 rings (SSSR count). The van der Waals surface area contributed by atoms with E-state index in [2.05, 4.69) is 34.1 Å². The Hall–Kier alpha value is -1.69. The molecule has 0 fully saturated rings. The number of nitrogens with zero attached hydrogens (tertiary/aromatic N) is 1. The van der Waals surface area contributed by atoms with Gasteiger partial charge in [0.1, 0.15) is 0 Å². The number of benzene rings is 3. The normalized spacial score (nSPS) is 15.3. The van der Waals surface area contributed by atoms with Crippen LogP contribution in [0.3, 0.4) is 0 Å². The van der Waals surface area contributed by atoms with Crippen LogP contribution in [0.2, 0.25) is 0 Å². The molecule has 0 unspecified atom stereocenters. The predicted octanol–water partition coefficient (Wildman–Crippen LogP) is 4.66. The summed E-state index contributed by atoms with van der Waals surface area (Å²) >= 11 is 3.71. The van der Waals surface area contributed by atoms with E-state index in [0.29, 0.717) is 18.0 Å². The molecule has 1 aliphatic heterocycles. The predicted molar refractivity (Wildman–Crippen MR) is 104 cm³/mol. The van der Waals surface area contributed by atoms with E-state index < -0.39 is 10.0 Å². The molecule has 3 aromatic rings. The first-order chi connectivity index (χ1) is 12.0. The van der Waals surface area contributed by atoms with Crippen molar-refractivity contribution in [1.82, 2.24) is 4.31 Å². The molecule has 1 aliphatic rings. The van der Waals surface area contributed by atoms with Gasteiger partial charge in [0.2, 0.25) is 10.0 Å². The van der Waals surface area contributed by atoms with Gasteiger partial charge in [0.15, 0.2) is 0 Å². The fourth-order valence-electron chi connectivity index (χ4n) is 3.36. The van der Waals surface area contributed by atoms with Crippen LogP contribution in [0.15, 0.2) is 64.0 Å². The van der Waals surface area contributed by atoms with Crippen LogP contribution in [0.5, 0.6) is 0 Å². The number of sulfonamides is 1. The number of hydrogen-bond donors (Lipinski definition) is 0. The van der Waals surface area contributed by atoms with Crippen molar-refractivity contribution < 1.29 is 8.42 Å². The zero-order valence-electron chi connectivity index (χ0n) is 13.9. The second-order valence-electron chi connectivity index (χ2n) is 6.45. The van der Waals surface area contributed by atoms with Crippen molar-refractivity contribution in [2.75, 3.05) is 6.54 Å². The van der Waals surface area contributed by atoms with E-state index >= 15 is 0 Å². The third kappa shape index (κ3) is 2.90. The number of halogens is 1. The molecule has 5 heteroatoms. The zero-order valence-corrected chi connectivity index (χ0v) is 16.3. The van der Waals surface area contributed by atoms with Gasteiger partial charge in [-0.3, -0.25) is 0 Å². The molecular weight excluding hydrogens is 398 g/mol. The first-order valence-corrected chi connectivity index (χ1v) is 10.5. The van der Waals surface area contributed by atoms with Gasteiger partial charge in [0.25, 0.3) is 0 Å². The van der Waals surface area contributed by atoms with Gasteiger partial charge in [-0.2, -0.15) is 4.31 Å². The van der Waals surface area contributed by atoms with E-state index in [1.165, 1.54) is 10.9 Å². The highest BCUT2D eigenvalue weighted by Gasteiger charge is 2.29. The van der Waals surface area contributed by atoms with E-state index in [-0.39, 0.29) is 0 Å². The molecule has 0 atom stereocenters. The van der Waals surface area contributed by atoms with Gasteiger partial charge >= 0.3 is 0 Å². The average molecular weight is 416 g/mol. The van der Waals surface area contributed by atoms with Gasteiger partial charge < -0.3 is 0 Å². The van der Waals surface area contributed by atoms with Crippen LogP contribution in [0.1, 0.15) is 16.7 Å². The van der Waals surface area contributed by atoms with Crippen LogP contribution < -0.4 is 0 Å². The molecule has 1 heterocycles. The van der Waals surface area contributed by atoms with E-state index in [0.717, 1.165) is 27.4 Å². The quantitative estimate of drug-likeness (QED) is 0.610. The molecule has 0 spiro atoms. The Kier molecular flexibility index (Phi) is 4.18. The average Bonchev–Trinajstić information content (AvgIpc) is 2.62. The standard InChI is InChI=1S/C20H18BrNO2S/c1-14-6-8-17(9-7-14)25(23,24)22-11-10-16-12-15-4-2-3-5-18(15)20(21)19(16)13-22/h2-9,12H,10-11,13H2,1H3. The van der Waals surface area contributed by atoms with E-state index in [4.69, 9.17) is 0 Å². The van der Waals surface area contributed by atoms with Gasteiger partial charge in [-0.05, 0) is 63.3 Å². The number of aryl methyl sites for hydroxylation is 1. The number of fused-ring (bicyclic) bond motifs is 2. The minimum Gasteiger partial charge on any atom is -0.207 e. The Balaban J connectivity index is 1.75. The summed E-state index contributed by atoms with van der Waals surface area (Å²) < 4.78 is 28.6. The maximum absolute atomic E-state index is 13.0. The van der Waals surface area contributed by atoms with Crippen molar-refractivity contribution in [1.29, 1.82) is 0 Å². The molecule has 128 valence electrons. The highest BCUT2D eigenvalue weighted by molar-refractivity contribution is 9.10. The van der Waals surface area contributed by atoms with Gasteiger partial charge in [0, 0.05) is 17.6 Å². The molecule has 0 saturated carbocycles. The largest absolute Gasteiger partial charge is 0.243 e. The maximum atomic E-state index is 13.0. The van der Waals surface area contributed by atoms with Gasteiger partial charge in [-0.25, -0.2) is 8.42 Å². The van der Waals surface area contributed by atoms with Crippen LogP contribution in [0, 0.1) is 6.92 Å². The molecule has 25 heavy (non-hydrogen) atoms. The van der Waals surface area contributed by atoms with Crippen LogP contribution in [0.4, 0.5) is 0 Å². The lowest BCUT2D eigenvalue weighted by Gasteiger charge is -2.29. The van der Waals surface area contributed by atoms with Crippen LogP contribution in [0.25, 0.3) is 10.8 Å². The summed E-state index contributed by atoms with van der Waals surface area (Å²) in [6.07, 6.45) is 0.726. The van der Waals surface area contributed by atoms with Crippen LogP contribution in [-0.2, 0) is 23.0 Å². The molecule has 3 aromatic carbocycles. The first-order valence-electron chi connectivity index (χ1n) is 8.22. The Morgan fingerprint density at radius 2 is 1.76 bits per heavy atom. The zero-order chi connectivity index (χ0) is 17.6. The molecule has 0 N–H and O–H groups in total. The van der Waals surface area contributed by atoms with Crippen molar-refractivity contribution in [3.8, 4) is 0 Å². The van der Waals surface area contributed by atoms with Gasteiger partial charge in [-0.15, -0.1) is 0 Å². The van der Waals surface area contributed by atoms with Crippen molar-refractivity contribution >= 4 is 36.7 Å². The highest BCUT2D eigenvalue weighted by atomic mass is 79.9. The summed E-state index contributed by atoms with van der Waals surface area (Å²) in [6.45, 7) is 2.86. The minimum absolute atomic E-state index is 0.360. The van der Waals surface area contributed by atoms with Crippen LogP contribution >= 0.6 is 15.9 Å². The van der Waals surface area contributed by atoms with Crippen LogP contribution in [-0.4, -0.2) is 19.3 Å². The van der Waals surface area contributed by atoms with E-state index in [9.17, 15) is 8.42 Å². The summed E-state index contributed by atoms with van der Waals surface area (Å²) in [7, 11) is -3.48. The molecule has 3 nitrogen and oxygen atoms in total. The monoisotopic (exact) mass is 415 g/mol. The Morgan fingerprint density at radius 1 is 1.04 bits per heavy atom. The molecule has 0 aliphatic carbocycles. The smallest absolute Gasteiger partial charge is 0.207 e. The summed E-state index contributed by atoms with van der Waals surface area (Å²) in [5.74, 6) is 0. The topological polar surface area (TPSA) is 37.4 Å². The van der Waals surface area contributed by atoms with Crippen molar-refractivity contribution in [2.45, 2.75) is 24.8 Å². The first kappa shape index (κ1) is 16.8. The molecule has 0 saturated heterocycles. The second-order valence-corrected chi connectivity index (χ2v) is 9.18. The van der Waals surface area contributed by atoms with Crippen molar-refractivity contribution in [3.63, 3.8) is 0 Å². The second kappa shape index (κ2) is 6.24. The third-order valence-corrected chi connectivity index (χ3v) is 7.57. The van der Waals surface area contributed by atoms with Gasteiger partial charge in [0.05, 0.1) is 4.90 Å².